The summed E-state index contributed by atoms with van der Waals surface area (Å²) in [6, 6.07) is 7.99. The Bertz CT molecular complexity index is 394. The predicted molar refractivity (Wildman–Crippen MR) is 77.7 cm³/mol. The number of benzene rings is 1. The fraction of sp³-hybridized carbons (Fsp3) is 0.600. The van der Waals surface area contributed by atoms with E-state index in [1.54, 1.807) is 7.11 Å². The number of hydrogen-bond donors (Lipinski definition) is 2. The second-order valence-electron chi connectivity index (χ2n) is 5.19. The summed E-state index contributed by atoms with van der Waals surface area (Å²) in [7, 11) is 1.67. The molecule has 1 aromatic rings. The van der Waals surface area contributed by atoms with Gasteiger partial charge in [0.2, 0.25) is 0 Å². The summed E-state index contributed by atoms with van der Waals surface area (Å²) in [6.07, 6.45) is 3.26. The van der Waals surface area contributed by atoms with Gasteiger partial charge in [0.05, 0.1) is 18.8 Å². The van der Waals surface area contributed by atoms with Crippen LogP contribution in [-0.4, -0.2) is 31.9 Å². The Morgan fingerprint density at radius 2 is 2.16 bits per heavy atom. The summed E-state index contributed by atoms with van der Waals surface area (Å²) in [6.45, 7) is 3.56. The van der Waals surface area contributed by atoms with Crippen molar-refractivity contribution in [3.05, 3.63) is 24.3 Å². The monoisotopic (exact) mass is 264 g/mol. The van der Waals surface area contributed by atoms with Crippen LogP contribution in [0.5, 0.6) is 5.75 Å². The lowest BCUT2D eigenvalue weighted by molar-refractivity contribution is -0.0125. The molecule has 2 unspecified atom stereocenters. The van der Waals surface area contributed by atoms with Crippen molar-refractivity contribution in [2.45, 2.75) is 37.8 Å². The molecule has 0 radical (unpaired) electrons. The molecule has 4 nitrogen and oxygen atoms in total. The molecule has 0 aliphatic carbocycles. The molecule has 0 amide bonds. The summed E-state index contributed by atoms with van der Waals surface area (Å²) in [5.41, 5.74) is 7.05. The second kappa shape index (κ2) is 6.26. The lowest BCUT2D eigenvalue weighted by Gasteiger charge is -2.41. The van der Waals surface area contributed by atoms with Crippen molar-refractivity contribution in [2.75, 3.05) is 25.6 Å². The molecular weight excluding hydrogens is 240 g/mol. The summed E-state index contributed by atoms with van der Waals surface area (Å²) < 4.78 is 10.9. The van der Waals surface area contributed by atoms with Crippen molar-refractivity contribution in [3.63, 3.8) is 0 Å². The maximum Gasteiger partial charge on any atom is 0.119 e. The molecule has 0 spiro atoms. The number of methoxy groups -OCH3 is 1. The smallest absolute Gasteiger partial charge is 0.119 e. The Morgan fingerprint density at radius 1 is 1.42 bits per heavy atom. The van der Waals surface area contributed by atoms with Crippen molar-refractivity contribution in [2.24, 2.45) is 5.73 Å². The zero-order chi connectivity index (χ0) is 13.7. The topological polar surface area (TPSA) is 56.5 Å². The summed E-state index contributed by atoms with van der Waals surface area (Å²) in [4.78, 5) is 0. The van der Waals surface area contributed by atoms with Gasteiger partial charge in [-0.05, 0) is 43.5 Å². The van der Waals surface area contributed by atoms with E-state index in [2.05, 4.69) is 12.2 Å². The van der Waals surface area contributed by atoms with Gasteiger partial charge in [-0.25, -0.2) is 0 Å². The van der Waals surface area contributed by atoms with Crippen LogP contribution in [0.15, 0.2) is 24.3 Å². The highest BCUT2D eigenvalue weighted by molar-refractivity contribution is 5.48. The number of rotatable bonds is 5. The van der Waals surface area contributed by atoms with Gasteiger partial charge in [0.15, 0.2) is 0 Å². The molecule has 4 heteroatoms. The zero-order valence-electron chi connectivity index (χ0n) is 11.8. The number of nitrogens with one attached hydrogen (secondary N) is 1. The molecule has 19 heavy (non-hydrogen) atoms. The lowest BCUT2D eigenvalue weighted by Crippen LogP contribution is -2.52. The van der Waals surface area contributed by atoms with Crippen molar-refractivity contribution in [3.8, 4) is 5.75 Å². The Balaban J connectivity index is 2.08. The minimum atomic E-state index is -0.0481. The van der Waals surface area contributed by atoms with Gasteiger partial charge in [-0.3, -0.25) is 0 Å². The first-order valence-electron chi connectivity index (χ1n) is 6.95. The van der Waals surface area contributed by atoms with Crippen molar-refractivity contribution >= 4 is 5.69 Å². The third-order valence-corrected chi connectivity index (χ3v) is 3.90. The Kier molecular flexibility index (Phi) is 4.66. The SMILES string of the molecule is CCC1CC(CN)(Nc2ccc(OC)cc2)CCO1. The zero-order valence-corrected chi connectivity index (χ0v) is 11.8. The van der Waals surface area contributed by atoms with Crippen LogP contribution in [0, 0.1) is 0 Å². The van der Waals surface area contributed by atoms with E-state index in [0.29, 0.717) is 12.6 Å². The minimum Gasteiger partial charge on any atom is -0.497 e. The average Bonchev–Trinajstić information content (AvgIpc) is 2.48. The Labute approximate surface area is 115 Å². The molecule has 1 heterocycles. The fourth-order valence-electron chi connectivity index (χ4n) is 2.61. The first-order chi connectivity index (χ1) is 9.21. The Morgan fingerprint density at radius 3 is 2.74 bits per heavy atom. The van der Waals surface area contributed by atoms with Gasteiger partial charge in [-0.1, -0.05) is 6.92 Å². The minimum absolute atomic E-state index is 0.0481. The van der Waals surface area contributed by atoms with Gasteiger partial charge >= 0.3 is 0 Å². The quantitative estimate of drug-likeness (QED) is 0.857. The molecule has 1 fully saturated rings. The molecule has 1 saturated heterocycles. The van der Waals surface area contributed by atoms with Crippen molar-refractivity contribution < 1.29 is 9.47 Å². The summed E-state index contributed by atoms with van der Waals surface area (Å²) in [5, 5.41) is 3.60. The summed E-state index contributed by atoms with van der Waals surface area (Å²) in [5.74, 6) is 0.866. The average molecular weight is 264 g/mol. The molecule has 1 aromatic carbocycles. The van der Waals surface area contributed by atoms with Gasteiger partial charge in [-0.2, -0.15) is 0 Å². The molecule has 2 rings (SSSR count). The van der Waals surface area contributed by atoms with Crippen LogP contribution in [0.4, 0.5) is 5.69 Å². The molecule has 106 valence electrons. The number of anilines is 1. The largest absolute Gasteiger partial charge is 0.497 e. The van der Waals surface area contributed by atoms with Crippen LogP contribution < -0.4 is 15.8 Å². The van der Waals surface area contributed by atoms with Crippen LogP contribution in [0.3, 0.4) is 0 Å². The molecule has 0 bridgehead atoms. The molecule has 0 aromatic heterocycles. The van der Waals surface area contributed by atoms with E-state index in [1.165, 1.54) is 0 Å². The summed E-state index contributed by atoms with van der Waals surface area (Å²) >= 11 is 0. The van der Waals surface area contributed by atoms with Crippen LogP contribution in [0.1, 0.15) is 26.2 Å². The van der Waals surface area contributed by atoms with E-state index in [1.807, 2.05) is 24.3 Å². The van der Waals surface area contributed by atoms with Gasteiger partial charge in [0, 0.05) is 18.8 Å². The normalized spacial score (nSPS) is 27.0. The molecule has 0 saturated carbocycles. The van der Waals surface area contributed by atoms with Crippen LogP contribution in [0.25, 0.3) is 0 Å². The van der Waals surface area contributed by atoms with Crippen LogP contribution in [0.2, 0.25) is 0 Å². The van der Waals surface area contributed by atoms with E-state index < -0.39 is 0 Å². The highest BCUT2D eigenvalue weighted by Gasteiger charge is 2.35. The first kappa shape index (κ1) is 14.2. The lowest BCUT2D eigenvalue weighted by atomic mass is 9.85. The number of ether oxygens (including phenoxy) is 2. The number of hydrogen-bond acceptors (Lipinski definition) is 4. The predicted octanol–water partition coefficient (Wildman–Crippen LogP) is 2.39. The van der Waals surface area contributed by atoms with E-state index in [9.17, 15) is 0 Å². The maximum absolute atomic E-state index is 6.02. The Hall–Kier alpha value is -1.26. The number of nitrogens with two attached hydrogens (primary N) is 1. The standard InChI is InChI=1S/C15H24N2O2/c1-3-13-10-15(11-16,8-9-19-13)17-12-4-6-14(18-2)7-5-12/h4-7,13,17H,3,8-11,16H2,1-2H3. The highest BCUT2D eigenvalue weighted by Crippen LogP contribution is 2.30. The molecule has 3 N–H and O–H groups in total. The molecular formula is C15H24N2O2. The van der Waals surface area contributed by atoms with Gasteiger partial charge in [0.25, 0.3) is 0 Å². The molecule has 2 atom stereocenters. The first-order valence-corrected chi connectivity index (χ1v) is 6.95. The molecule has 1 aliphatic heterocycles. The van der Waals surface area contributed by atoms with E-state index in [4.69, 9.17) is 15.2 Å². The van der Waals surface area contributed by atoms with Gasteiger partial charge in [0.1, 0.15) is 5.75 Å². The van der Waals surface area contributed by atoms with E-state index in [0.717, 1.165) is 37.3 Å². The third-order valence-electron chi connectivity index (χ3n) is 3.90. The van der Waals surface area contributed by atoms with Crippen molar-refractivity contribution in [1.29, 1.82) is 0 Å². The van der Waals surface area contributed by atoms with Gasteiger partial charge in [-0.15, -0.1) is 0 Å². The fourth-order valence-corrected chi connectivity index (χ4v) is 2.61. The molecule has 1 aliphatic rings. The second-order valence-corrected chi connectivity index (χ2v) is 5.19. The highest BCUT2D eigenvalue weighted by atomic mass is 16.5. The van der Waals surface area contributed by atoms with Gasteiger partial charge < -0.3 is 20.5 Å². The van der Waals surface area contributed by atoms with E-state index in [-0.39, 0.29) is 5.54 Å². The third kappa shape index (κ3) is 3.39. The van der Waals surface area contributed by atoms with Crippen LogP contribution >= 0.6 is 0 Å². The van der Waals surface area contributed by atoms with Crippen LogP contribution in [-0.2, 0) is 4.74 Å². The van der Waals surface area contributed by atoms with E-state index >= 15 is 0 Å². The maximum atomic E-state index is 6.02. The van der Waals surface area contributed by atoms with Crippen molar-refractivity contribution in [1.82, 2.24) is 0 Å².